The Balaban J connectivity index is 3.39. The van der Waals surface area contributed by atoms with Gasteiger partial charge in [0.05, 0.1) is 5.56 Å². The largest absolute Gasteiger partial charge is 0.458 e. The first kappa shape index (κ1) is 12.4. The monoisotopic (exact) mass is 292 g/mol. The number of alkyl halides is 5. The molecule has 0 bridgehead atoms. The molecule has 1 aromatic rings. The smallest absolute Gasteiger partial charge is 0.206 e. The third-order valence-electron chi connectivity index (χ3n) is 1.63. The fourth-order valence-electron chi connectivity index (χ4n) is 0.940. The zero-order chi connectivity index (χ0) is 11.9. The van der Waals surface area contributed by atoms with Gasteiger partial charge in [-0.1, -0.05) is 22.0 Å². The van der Waals surface area contributed by atoms with E-state index in [1.54, 1.807) is 0 Å². The van der Waals surface area contributed by atoms with Gasteiger partial charge in [0.25, 0.3) is 0 Å². The van der Waals surface area contributed by atoms with Crippen molar-refractivity contribution in [2.75, 3.05) is 0 Å². The average molecular weight is 293 g/mol. The highest BCUT2D eigenvalue weighted by atomic mass is 79.9. The zero-order valence-electron chi connectivity index (χ0n) is 6.88. The van der Waals surface area contributed by atoms with Gasteiger partial charge >= 0.3 is 12.1 Å². The second kappa shape index (κ2) is 3.70. The van der Waals surface area contributed by atoms with Gasteiger partial charge in [-0.05, 0) is 12.1 Å². The third kappa shape index (κ3) is 2.11. The minimum atomic E-state index is -5.82. The van der Waals surface area contributed by atoms with Gasteiger partial charge in [-0.3, -0.25) is 0 Å². The molecule has 1 rings (SSSR count). The fourth-order valence-corrected chi connectivity index (χ4v) is 1.53. The minimum Gasteiger partial charge on any atom is -0.206 e. The van der Waals surface area contributed by atoms with Crippen LogP contribution in [0, 0.1) is 5.82 Å². The van der Waals surface area contributed by atoms with Gasteiger partial charge in [0.1, 0.15) is 5.82 Å². The summed E-state index contributed by atoms with van der Waals surface area (Å²) in [6.45, 7) is 0. The summed E-state index contributed by atoms with van der Waals surface area (Å²) in [7, 11) is 0. The van der Waals surface area contributed by atoms with E-state index < -0.39 is 28.0 Å². The molecule has 0 amide bonds. The predicted octanol–water partition coefficient (Wildman–Crippen LogP) is 4.24. The third-order valence-corrected chi connectivity index (χ3v) is 2.29. The first-order chi connectivity index (χ1) is 6.68. The predicted molar refractivity (Wildman–Crippen MR) is 44.0 cm³/mol. The number of hydrogen-bond donors (Lipinski definition) is 0. The molecule has 0 radical (unpaired) electrons. The summed E-state index contributed by atoms with van der Waals surface area (Å²) in [6.07, 6.45) is -5.82. The molecule has 7 heteroatoms. The standard InChI is InChI=1S/C8H3BrF6/c9-4-2-1-3-5(10)6(4)7(11,12)8(13,14)15/h1-3H. The summed E-state index contributed by atoms with van der Waals surface area (Å²) in [5.74, 6) is -6.82. The van der Waals surface area contributed by atoms with Crippen LogP contribution < -0.4 is 0 Å². The van der Waals surface area contributed by atoms with Crippen LogP contribution in [0.1, 0.15) is 5.56 Å². The Hall–Kier alpha value is -0.720. The van der Waals surface area contributed by atoms with E-state index in [0.717, 1.165) is 12.1 Å². The van der Waals surface area contributed by atoms with E-state index in [2.05, 4.69) is 15.9 Å². The molecular formula is C8H3BrF6. The molecule has 0 aliphatic rings. The molecule has 1 aromatic carbocycles. The van der Waals surface area contributed by atoms with Crippen molar-refractivity contribution in [1.82, 2.24) is 0 Å². The summed E-state index contributed by atoms with van der Waals surface area (Å²) in [6, 6.07) is 2.48. The summed E-state index contributed by atoms with van der Waals surface area (Å²) < 4.78 is 73.6. The number of benzene rings is 1. The van der Waals surface area contributed by atoms with E-state index in [-0.39, 0.29) is 0 Å². The minimum absolute atomic E-state index is 0.541. The van der Waals surface area contributed by atoms with E-state index in [9.17, 15) is 26.3 Å². The number of rotatable bonds is 1. The molecule has 84 valence electrons. The van der Waals surface area contributed by atoms with Gasteiger partial charge in [0.2, 0.25) is 0 Å². The van der Waals surface area contributed by atoms with E-state index in [0.29, 0.717) is 6.07 Å². The molecule has 0 fully saturated rings. The molecule has 0 saturated heterocycles. The topological polar surface area (TPSA) is 0 Å². The quantitative estimate of drug-likeness (QED) is 0.679. The van der Waals surface area contributed by atoms with Crippen LogP contribution in [-0.2, 0) is 5.92 Å². The van der Waals surface area contributed by atoms with Crippen molar-refractivity contribution in [1.29, 1.82) is 0 Å². The normalized spacial score (nSPS) is 13.0. The van der Waals surface area contributed by atoms with E-state index in [1.807, 2.05) is 0 Å². The fraction of sp³-hybridized carbons (Fsp3) is 0.250. The van der Waals surface area contributed by atoms with Crippen molar-refractivity contribution < 1.29 is 26.3 Å². The lowest BCUT2D eigenvalue weighted by Gasteiger charge is -2.21. The molecule has 0 saturated carbocycles. The molecule has 0 nitrogen and oxygen atoms in total. The maximum Gasteiger partial charge on any atom is 0.458 e. The Morgan fingerprint density at radius 1 is 1.00 bits per heavy atom. The second-order valence-corrected chi connectivity index (χ2v) is 3.52. The Morgan fingerprint density at radius 2 is 1.53 bits per heavy atom. The van der Waals surface area contributed by atoms with Crippen molar-refractivity contribution in [2.45, 2.75) is 12.1 Å². The lowest BCUT2D eigenvalue weighted by atomic mass is 10.1. The first-order valence-electron chi connectivity index (χ1n) is 3.57. The van der Waals surface area contributed by atoms with Crippen LogP contribution in [0.25, 0.3) is 0 Å². The Bertz CT molecular complexity index is 350. The SMILES string of the molecule is Fc1cccc(Br)c1C(F)(F)C(F)(F)F. The maximum atomic E-state index is 12.9. The van der Waals surface area contributed by atoms with Gasteiger partial charge in [-0.25, -0.2) is 4.39 Å². The average Bonchev–Trinajstić information content (AvgIpc) is 2.00. The van der Waals surface area contributed by atoms with Crippen LogP contribution in [0.5, 0.6) is 0 Å². The summed E-state index contributed by atoms with van der Waals surface area (Å²) in [5, 5.41) is 0. The van der Waals surface area contributed by atoms with Crippen LogP contribution >= 0.6 is 15.9 Å². The molecule has 0 heterocycles. The lowest BCUT2D eigenvalue weighted by molar-refractivity contribution is -0.290. The Kier molecular flexibility index (Phi) is 3.04. The molecule has 0 aliphatic carbocycles. The van der Waals surface area contributed by atoms with Gasteiger partial charge in [0.15, 0.2) is 0 Å². The zero-order valence-corrected chi connectivity index (χ0v) is 8.46. The summed E-state index contributed by atoms with van der Waals surface area (Å²) in [5.41, 5.74) is -1.70. The molecule has 0 aliphatic heterocycles. The molecule has 0 aromatic heterocycles. The highest BCUT2D eigenvalue weighted by Crippen LogP contribution is 2.47. The first-order valence-corrected chi connectivity index (χ1v) is 4.36. The lowest BCUT2D eigenvalue weighted by Crippen LogP contribution is -2.34. The Morgan fingerprint density at radius 3 is 1.93 bits per heavy atom. The molecule has 15 heavy (non-hydrogen) atoms. The van der Waals surface area contributed by atoms with Gasteiger partial charge in [-0.15, -0.1) is 0 Å². The summed E-state index contributed by atoms with van der Waals surface area (Å²) >= 11 is 2.46. The van der Waals surface area contributed by atoms with E-state index >= 15 is 0 Å². The molecule has 0 spiro atoms. The van der Waals surface area contributed by atoms with Gasteiger partial charge in [0, 0.05) is 4.47 Å². The highest BCUT2D eigenvalue weighted by Gasteiger charge is 2.60. The van der Waals surface area contributed by atoms with Crippen LogP contribution in [-0.4, -0.2) is 6.18 Å². The van der Waals surface area contributed by atoms with Crippen molar-refractivity contribution in [2.24, 2.45) is 0 Å². The number of hydrogen-bond acceptors (Lipinski definition) is 0. The van der Waals surface area contributed by atoms with E-state index in [1.165, 1.54) is 0 Å². The van der Waals surface area contributed by atoms with Crippen LogP contribution in [0.3, 0.4) is 0 Å². The molecule has 0 unspecified atom stereocenters. The molecule has 0 N–H and O–H groups in total. The van der Waals surface area contributed by atoms with Crippen molar-refractivity contribution in [3.63, 3.8) is 0 Å². The van der Waals surface area contributed by atoms with Crippen LogP contribution in [0.15, 0.2) is 22.7 Å². The summed E-state index contributed by atoms with van der Waals surface area (Å²) in [4.78, 5) is 0. The molecule has 0 atom stereocenters. The van der Waals surface area contributed by atoms with Crippen LogP contribution in [0.2, 0.25) is 0 Å². The molecular weight excluding hydrogens is 290 g/mol. The van der Waals surface area contributed by atoms with Gasteiger partial charge in [-0.2, -0.15) is 22.0 Å². The maximum absolute atomic E-state index is 12.9. The highest BCUT2D eigenvalue weighted by molar-refractivity contribution is 9.10. The van der Waals surface area contributed by atoms with Gasteiger partial charge < -0.3 is 0 Å². The van der Waals surface area contributed by atoms with E-state index in [4.69, 9.17) is 0 Å². The Labute approximate surface area is 89.0 Å². The van der Waals surface area contributed by atoms with Crippen molar-refractivity contribution in [3.8, 4) is 0 Å². The van der Waals surface area contributed by atoms with Crippen molar-refractivity contribution in [3.05, 3.63) is 34.1 Å². The van der Waals surface area contributed by atoms with Crippen molar-refractivity contribution >= 4 is 15.9 Å². The van der Waals surface area contributed by atoms with Crippen LogP contribution in [0.4, 0.5) is 26.3 Å². The number of halogens is 7. The second-order valence-electron chi connectivity index (χ2n) is 2.67.